The van der Waals surface area contributed by atoms with Gasteiger partial charge in [0, 0.05) is 38.7 Å². The van der Waals surface area contributed by atoms with Gasteiger partial charge in [-0.2, -0.15) is 4.68 Å². The lowest BCUT2D eigenvalue weighted by molar-refractivity contribution is -0.757. The van der Waals surface area contributed by atoms with Crippen LogP contribution >= 0.6 is 0 Å². The van der Waals surface area contributed by atoms with Crippen molar-refractivity contribution in [2.45, 2.75) is 72.2 Å². The maximum atomic E-state index is 13.8. The van der Waals surface area contributed by atoms with Gasteiger partial charge in [0.25, 0.3) is 10.2 Å². The van der Waals surface area contributed by atoms with Crippen molar-refractivity contribution in [3.05, 3.63) is 74.3 Å². The standard InChI is InChI=1S/C33H45N9O10/c1-5-6-13-29(43)39(30(24(2)3)32(44)38(4)19-9-10-20-51-41(46)47)22-25-14-16-26(17-15-25)27-11-7-8-12-28(27)31-35-36-37-40(31)23-50-33(45)34-18-21-52-42(48)49/h7-8,11-12,14-17,24,30H,5-6,9-10,13,18-23H2,1-4H3,(H,34,45)/t30-/m0/s1. The molecule has 1 atom stereocenters. The first-order chi connectivity index (χ1) is 24.9. The fraction of sp³-hybridized carbons (Fsp3) is 0.515. The van der Waals surface area contributed by atoms with Gasteiger partial charge in [-0.3, -0.25) is 9.59 Å². The fourth-order valence-electron chi connectivity index (χ4n) is 5.36. The molecule has 3 aromatic rings. The van der Waals surface area contributed by atoms with Crippen LogP contribution in [0.15, 0.2) is 48.5 Å². The maximum Gasteiger partial charge on any atom is 0.408 e. The van der Waals surface area contributed by atoms with Crippen LogP contribution < -0.4 is 5.32 Å². The van der Waals surface area contributed by atoms with E-state index in [0.717, 1.165) is 23.1 Å². The molecule has 0 saturated carbocycles. The summed E-state index contributed by atoms with van der Waals surface area (Å²) in [4.78, 5) is 71.8. The molecule has 0 saturated heterocycles. The van der Waals surface area contributed by atoms with E-state index in [1.807, 2.05) is 69.3 Å². The zero-order valence-electron chi connectivity index (χ0n) is 29.7. The van der Waals surface area contributed by atoms with Crippen LogP contribution in [0.2, 0.25) is 0 Å². The Labute approximate surface area is 300 Å². The third-order valence-corrected chi connectivity index (χ3v) is 7.95. The van der Waals surface area contributed by atoms with Crippen LogP contribution in [-0.4, -0.2) is 97.5 Å². The molecule has 0 spiro atoms. The van der Waals surface area contributed by atoms with E-state index in [1.54, 1.807) is 16.8 Å². The van der Waals surface area contributed by atoms with Gasteiger partial charge in [0.1, 0.15) is 12.6 Å². The minimum absolute atomic E-state index is 0.0534. The molecule has 19 heteroatoms. The normalized spacial score (nSPS) is 11.4. The number of carbonyl (C=O) groups excluding carboxylic acids is 3. The number of nitrogens with zero attached hydrogens (tertiary/aromatic N) is 8. The second kappa shape index (κ2) is 20.7. The summed E-state index contributed by atoms with van der Waals surface area (Å²) in [6, 6.07) is 14.3. The highest BCUT2D eigenvalue weighted by molar-refractivity contribution is 5.88. The Morgan fingerprint density at radius 1 is 0.942 bits per heavy atom. The Bertz CT molecular complexity index is 1630. The van der Waals surface area contributed by atoms with Gasteiger partial charge >= 0.3 is 6.09 Å². The molecule has 282 valence electrons. The predicted molar refractivity (Wildman–Crippen MR) is 185 cm³/mol. The predicted octanol–water partition coefficient (Wildman–Crippen LogP) is 3.89. The van der Waals surface area contributed by atoms with Crippen molar-refractivity contribution in [2.24, 2.45) is 5.92 Å². The first-order valence-corrected chi connectivity index (χ1v) is 16.9. The smallest absolute Gasteiger partial charge is 0.408 e. The van der Waals surface area contributed by atoms with Crippen molar-refractivity contribution in [1.29, 1.82) is 0 Å². The highest BCUT2D eigenvalue weighted by Crippen LogP contribution is 2.31. The summed E-state index contributed by atoms with van der Waals surface area (Å²) < 4.78 is 6.45. The molecule has 52 heavy (non-hydrogen) atoms. The molecule has 1 heterocycles. The molecule has 2 aromatic carbocycles. The Balaban J connectivity index is 1.78. The van der Waals surface area contributed by atoms with Crippen LogP contribution in [-0.2, 0) is 37.3 Å². The second-order valence-electron chi connectivity index (χ2n) is 12.1. The largest absolute Gasteiger partial charge is 0.426 e. The van der Waals surface area contributed by atoms with Gasteiger partial charge < -0.3 is 29.5 Å². The summed E-state index contributed by atoms with van der Waals surface area (Å²) in [5.74, 6) is -0.190. The number of nitrogens with one attached hydrogen (secondary N) is 1. The Morgan fingerprint density at radius 3 is 2.27 bits per heavy atom. The van der Waals surface area contributed by atoms with Gasteiger partial charge in [-0.25, -0.2) is 4.79 Å². The average Bonchev–Trinajstić information content (AvgIpc) is 3.59. The number of carbonyl (C=O) groups is 3. The van der Waals surface area contributed by atoms with Crippen molar-refractivity contribution >= 4 is 17.9 Å². The molecule has 0 unspecified atom stereocenters. The fourth-order valence-corrected chi connectivity index (χ4v) is 5.36. The third-order valence-electron chi connectivity index (χ3n) is 7.95. The number of likely N-dealkylation sites (N-methyl/N-ethyl adjacent to an activating group) is 1. The zero-order valence-corrected chi connectivity index (χ0v) is 29.7. The van der Waals surface area contributed by atoms with E-state index in [0.29, 0.717) is 43.6 Å². The number of hydrogen-bond acceptors (Lipinski definition) is 13. The van der Waals surface area contributed by atoms with Gasteiger partial charge in [0.2, 0.25) is 11.8 Å². The summed E-state index contributed by atoms with van der Waals surface area (Å²) in [5.41, 5.74) is 3.07. The molecule has 3 rings (SSSR count). The van der Waals surface area contributed by atoms with E-state index in [-0.39, 0.29) is 50.8 Å². The first kappa shape index (κ1) is 40.5. The zero-order chi connectivity index (χ0) is 38.0. The van der Waals surface area contributed by atoms with Crippen molar-refractivity contribution in [1.82, 2.24) is 35.3 Å². The second-order valence-corrected chi connectivity index (χ2v) is 12.1. The summed E-state index contributed by atoms with van der Waals surface area (Å²) in [6.45, 7) is 5.52. The highest BCUT2D eigenvalue weighted by Gasteiger charge is 2.34. The van der Waals surface area contributed by atoms with Crippen LogP contribution in [0.5, 0.6) is 0 Å². The van der Waals surface area contributed by atoms with E-state index in [4.69, 9.17) is 4.74 Å². The van der Waals surface area contributed by atoms with Gasteiger partial charge in [-0.1, -0.05) is 75.7 Å². The van der Waals surface area contributed by atoms with Crippen LogP contribution in [0.4, 0.5) is 4.79 Å². The number of tetrazole rings is 1. The number of rotatable bonds is 22. The van der Waals surface area contributed by atoms with E-state index in [1.165, 1.54) is 4.68 Å². The molecule has 0 fully saturated rings. The maximum absolute atomic E-state index is 13.8. The lowest BCUT2D eigenvalue weighted by Gasteiger charge is -2.36. The quantitative estimate of drug-likeness (QED) is 0.0881. The SMILES string of the molecule is CCCCC(=O)N(Cc1ccc(-c2ccccc2-c2nnnn2COC(=O)NCCO[N+](=O)[O-])cc1)[C@H](C(=O)N(C)CCCCO[N+](=O)[O-])C(C)C. The van der Waals surface area contributed by atoms with Crippen molar-refractivity contribution < 1.29 is 39.0 Å². The van der Waals surface area contributed by atoms with E-state index < -0.39 is 22.3 Å². The Kier molecular flexibility index (Phi) is 16.2. The van der Waals surface area contributed by atoms with Gasteiger partial charge in [-0.15, -0.1) is 25.3 Å². The van der Waals surface area contributed by atoms with Crippen LogP contribution in [0.25, 0.3) is 22.5 Å². The van der Waals surface area contributed by atoms with Crippen molar-refractivity contribution in [3.8, 4) is 22.5 Å². The first-order valence-electron chi connectivity index (χ1n) is 16.9. The number of unbranched alkanes of at least 4 members (excludes halogenated alkanes) is 2. The van der Waals surface area contributed by atoms with Gasteiger partial charge in [0.05, 0.1) is 6.61 Å². The Hall–Kier alpha value is -5.88. The Morgan fingerprint density at radius 2 is 1.62 bits per heavy atom. The highest BCUT2D eigenvalue weighted by atomic mass is 17.0. The number of hydrogen-bond donors (Lipinski definition) is 1. The molecule has 0 radical (unpaired) electrons. The number of benzene rings is 2. The number of alkyl carbamates (subject to hydrolysis) is 1. The molecule has 1 aromatic heterocycles. The van der Waals surface area contributed by atoms with Crippen molar-refractivity contribution in [3.63, 3.8) is 0 Å². The van der Waals surface area contributed by atoms with Crippen LogP contribution in [0.1, 0.15) is 58.4 Å². The minimum atomic E-state index is -0.963. The summed E-state index contributed by atoms with van der Waals surface area (Å²) in [7, 11) is 1.67. The molecule has 1 N–H and O–H groups in total. The molecule has 0 aliphatic rings. The van der Waals surface area contributed by atoms with Gasteiger partial charge in [0.15, 0.2) is 12.6 Å². The molecule has 3 amide bonds. The van der Waals surface area contributed by atoms with E-state index in [9.17, 15) is 34.6 Å². The minimum Gasteiger partial charge on any atom is -0.426 e. The van der Waals surface area contributed by atoms with Crippen molar-refractivity contribution in [2.75, 3.05) is 33.4 Å². The molecule has 0 aliphatic heterocycles. The topological polar surface area (TPSA) is 227 Å². The average molecular weight is 728 g/mol. The van der Waals surface area contributed by atoms with Crippen LogP contribution in [0.3, 0.4) is 0 Å². The number of aromatic nitrogens is 4. The molecule has 0 bridgehead atoms. The lowest BCUT2D eigenvalue weighted by Crippen LogP contribution is -2.52. The number of ether oxygens (including phenoxy) is 1. The summed E-state index contributed by atoms with van der Waals surface area (Å²) >= 11 is 0. The molecule has 19 nitrogen and oxygen atoms in total. The summed E-state index contributed by atoms with van der Waals surface area (Å²) in [6.07, 6.45) is 1.88. The molecular formula is C33H45N9O10. The summed E-state index contributed by atoms with van der Waals surface area (Å²) in [5, 5.41) is 33.0. The molecule has 0 aliphatic carbocycles. The van der Waals surface area contributed by atoms with Gasteiger partial charge in [-0.05, 0) is 52.3 Å². The monoisotopic (exact) mass is 727 g/mol. The van der Waals surface area contributed by atoms with E-state index >= 15 is 0 Å². The molecular weight excluding hydrogens is 682 g/mol. The van der Waals surface area contributed by atoms with Crippen LogP contribution in [0, 0.1) is 26.1 Å². The third kappa shape index (κ3) is 12.5. The van der Waals surface area contributed by atoms with E-state index in [2.05, 4.69) is 30.5 Å². The number of amides is 3. The lowest BCUT2D eigenvalue weighted by atomic mass is 9.96.